The molecule has 2 aromatic carbocycles. The smallest absolute Gasteiger partial charge is 0.345 e. The molecule has 9 heteroatoms. The van der Waals surface area contributed by atoms with Crippen LogP contribution in [0.15, 0.2) is 53.1 Å². The van der Waals surface area contributed by atoms with Gasteiger partial charge in [0.05, 0.1) is 10.0 Å². The Hall–Kier alpha value is -2.87. The molecular weight excluding hydrogens is 537 g/mol. The fourth-order valence-electron chi connectivity index (χ4n) is 6.20. The Morgan fingerprint density at radius 2 is 1.62 bits per heavy atom. The van der Waals surface area contributed by atoms with Crippen LogP contribution in [-0.2, 0) is 16.0 Å². The Labute approximate surface area is 238 Å². The monoisotopic (exact) mass is 569 g/mol. The summed E-state index contributed by atoms with van der Waals surface area (Å²) in [6, 6.07) is 15.4. The minimum Gasteiger partial charge on any atom is -0.445 e. The number of halogens is 2. The van der Waals surface area contributed by atoms with E-state index in [9.17, 15) is 9.59 Å². The first-order valence-corrected chi connectivity index (χ1v) is 14.2. The van der Waals surface area contributed by atoms with Crippen LogP contribution in [0.1, 0.15) is 66.6 Å². The van der Waals surface area contributed by atoms with Crippen LogP contribution in [0.25, 0.3) is 11.3 Å². The third kappa shape index (κ3) is 5.45. The lowest BCUT2D eigenvalue weighted by atomic mass is 9.69. The number of carbonyl (C=O) groups excluding carboxylic acids is 2. The molecule has 2 N–H and O–H groups in total. The summed E-state index contributed by atoms with van der Waals surface area (Å²) in [6.07, 6.45) is 6.47. The highest BCUT2D eigenvalue weighted by Gasteiger charge is 2.51. The van der Waals surface area contributed by atoms with Crippen LogP contribution in [0.5, 0.6) is 0 Å². The number of hydrogen-bond donors (Lipinski definition) is 1. The van der Waals surface area contributed by atoms with E-state index in [0.29, 0.717) is 41.3 Å². The highest BCUT2D eigenvalue weighted by molar-refractivity contribution is 6.39. The minimum absolute atomic E-state index is 0.0859. The number of hydrogen-bond acceptors (Lipinski definition) is 6. The van der Waals surface area contributed by atoms with E-state index in [4.69, 9.17) is 38.2 Å². The second-order valence-corrected chi connectivity index (χ2v) is 11.6. The SMILES string of the molecule is Cc1onc(-c2c(Cl)cccc2Cl)c1C(=O)OC1(C(N)=O)CCC(Cc2ccccc2)(N2CCCCC2)CC1. The standard InChI is InChI=1S/C30H33Cl2N3O4/c1-20-24(26(34-39-20)25-22(31)11-8-12-23(25)32)27(36)38-30(28(33)37)15-13-29(14-16-30,35-17-6-3-7-18-35)19-21-9-4-2-5-10-21/h2,4-5,8-12H,3,6-7,13-19H2,1H3,(H2,33,37). The number of carbonyl (C=O) groups is 2. The Balaban J connectivity index is 1.42. The van der Waals surface area contributed by atoms with Gasteiger partial charge in [0.1, 0.15) is 17.0 Å². The van der Waals surface area contributed by atoms with Gasteiger partial charge in [0.2, 0.25) is 0 Å². The van der Waals surface area contributed by atoms with Gasteiger partial charge in [-0.2, -0.15) is 0 Å². The van der Waals surface area contributed by atoms with Crippen LogP contribution < -0.4 is 5.73 Å². The summed E-state index contributed by atoms with van der Waals surface area (Å²) in [5.74, 6) is -1.13. The van der Waals surface area contributed by atoms with E-state index in [1.165, 1.54) is 12.0 Å². The number of piperidine rings is 1. The maximum Gasteiger partial charge on any atom is 0.345 e. The third-order valence-electron chi connectivity index (χ3n) is 8.39. The van der Waals surface area contributed by atoms with Crippen LogP contribution in [0, 0.1) is 6.92 Å². The highest BCUT2D eigenvalue weighted by Crippen LogP contribution is 2.45. The van der Waals surface area contributed by atoms with Crippen LogP contribution in [0.2, 0.25) is 10.0 Å². The molecule has 2 fully saturated rings. The highest BCUT2D eigenvalue weighted by atomic mass is 35.5. The maximum absolute atomic E-state index is 13.6. The number of aryl methyl sites for hydroxylation is 1. The van der Waals surface area contributed by atoms with Crippen LogP contribution in [0.4, 0.5) is 0 Å². The molecule has 1 saturated heterocycles. The molecule has 5 rings (SSSR count). The van der Waals surface area contributed by atoms with Crippen molar-refractivity contribution < 1.29 is 18.8 Å². The first-order chi connectivity index (χ1) is 18.7. The number of esters is 1. The molecule has 0 radical (unpaired) electrons. The molecule has 1 saturated carbocycles. The minimum atomic E-state index is -1.43. The Morgan fingerprint density at radius 3 is 2.23 bits per heavy atom. The number of likely N-dealkylation sites (tertiary alicyclic amines) is 1. The van der Waals surface area contributed by atoms with Gasteiger partial charge in [0.25, 0.3) is 5.91 Å². The lowest BCUT2D eigenvalue weighted by Crippen LogP contribution is -2.60. The molecule has 206 valence electrons. The van der Waals surface area contributed by atoms with Crippen molar-refractivity contribution in [3.63, 3.8) is 0 Å². The Morgan fingerprint density at radius 1 is 0.974 bits per heavy atom. The molecule has 1 aromatic heterocycles. The molecule has 1 aliphatic carbocycles. The number of primary amides is 1. The van der Waals surface area contributed by atoms with Crippen LogP contribution in [0.3, 0.4) is 0 Å². The number of nitrogens with zero attached hydrogens (tertiary/aromatic N) is 2. The number of amides is 1. The lowest BCUT2D eigenvalue weighted by molar-refractivity contribution is -0.145. The van der Waals surface area contributed by atoms with E-state index in [0.717, 1.165) is 32.4 Å². The van der Waals surface area contributed by atoms with Gasteiger partial charge in [0, 0.05) is 11.1 Å². The molecule has 2 heterocycles. The van der Waals surface area contributed by atoms with Gasteiger partial charge in [-0.3, -0.25) is 9.69 Å². The topological polar surface area (TPSA) is 98.7 Å². The number of nitrogens with two attached hydrogens (primary N) is 1. The lowest BCUT2D eigenvalue weighted by Gasteiger charge is -2.51. The summed E-state index contributed by atoms with van der Waals surface area (Å²) in [5.41, 5.74) is 6.28. The third-order valence-corrected chi connectivity index (χ3v) is 9.02. The normalized spacial score (nSPS) is 23.9. The summed E-state index contributed by atoms with van der Waals surface area (Å²) in [7, 11) is 0. The zero-order valence-corrected chi connectivity index (χ0v) is 23.6. The molecule has 0 atom stereocenters. The fraction of sp³-hybridized carbons (Fsp3) is 0.433. The van der Waals surface area contributed by atoms with Gasteiger partial charge < -0.3 is 15.0 Å². The zero-order chi connectivity index (χ0) is 27.6. The van der Waals surface area contributed by atoms with Crippen molar-refractivity contribution in [1.82, 2.24) is 10.1 Å². The summed E-state index contributed by atoms with van der Waals surface area (Å²) in [4.78, 5) is 29.2. The first kappa shape index (κ1) is 27.7. The van der Waals surface area contributed by atoms with Crippen molar-refractivity contribution in [1.29, 1.82) is 0 Å². The number of rotatable bonds is 7. The van der Waals surface area contributed by atoms with Gasteiger partial charge >= 0.3 is 5.97 Å². The van der Waals surface area contributed by atoms with E-state index in [-0.39, 0.29) is 22.6 Å². The van der Waals surface area contributed by atoms with E-state index >= 15 is 0 Å². The largest absolute Gasteiger partial charge is 0.445 e. The molecular formula is C30H33Cl2N3O4. The van der Waals surface area contributed by atoms with Gasteiger partial charge in [-0.05, 0) is 82.7 Å². The van der Waals surface area contributed by atoms with Crippen LogP contribution >= 0.6 is 23.2 Å². The molecule has 39 heavy (non-hydrogen) atoms. The van der Waals surface area contributed by atoms with Gasteiger partial charge in [-0.1, -0.05) is 71.2 Å². The molecule has 7 nitrogen and oxygen atoms in total. The number of benzene rings is 2. The summed E-state index contributed by atoms with van der Waals surface area (Å²) < 4.78 is 11.4. The van der Waals surface area contributed by atoms with Crippen molar-refractivity contribution in [2.75, 3.05) is 13.1 Å². The van der Waals surface area contributed by atoms with Crippen molar-refractivity contribution in [3.05, 3.63) is 75.5 Å². The Kier molecular flexibility index (Phi) is 8.04. The van der Waals surface area contributed by atoms with Crippen molar-refractivity contribution >= 4 is 35.1 Å². The molecule has 3 aromatic rings. The van der Waals surface area contributed by atoms with Gasteiger partial charge in [-0.25, -0.2) is 4.79 Å². The summed E-state index contributed by atoms with van der Waals surface area (Å²) >= 11 is 12.8. The maximum atomic E-state index is 13.6. The predicted molar refractivity (Wildman–Crippen MR) is 151 cm³/mol. The average Bonchev–Trinajstić information content (AvgIpc) is 3.31. The first-order valence-electron chi connectivity index (χ1n) is 13.5. The van der Waals surface area contributed by atoms with Crippen molar-refractivity contribution in [3.8, 4) is 11.3 Å². The second-order valence-electron chi connectivity index (χ2n) is 10.7. The average molecular weight is 571 g/mol. The van der Waals surface area contributed by atoms with E-state index < -0.39 is 17.5 Å². The van der Waals surface area contributed by atoms with E-state index in [2.05, 4.69) is 34.3 Å². The second kappa shape index (κ2) is 11.3. The van der Waals surface area contributed by atoms with Crippen LogP contribution in [-0.4, -0.2) is 46.2 Å². The van der Waals surface area contributed by atoms with E-state index in [1.807, 2.05) is 6.07 Å². The fourth-order valence-corrected chi connectivity index (χ4v) is 6.78. The molecule has 0 bridgehead atoms. The number of ether oxygens (including phenoxy) is 1. The summed E-state index contributed by atoms with van der Waals surface area (Å²) in [5, 5.41) is 4.69. The van der Waals surface area contributed by atoms with Gasteiger partial charge in [-0.15, -0.1) is 0 Å². The molecule has 1 amide bonds. The molecule has 2 aliphatic rings. The molecule has 0 spiro atoms. The van der Waals surface area contributed by atoms with E-state index in [1.54, 1.807) is 25.1 Å². The molecule has 1 aliphatic heterocycles. The quantitative estimate of drug-likeness (QED) is 0.331. The van der Waals surface area contributed by atoms with Crippen molar-refractivity contribution in [2.45, 2.75) is 69.4 Å². The van der Waals surface area contributed by atoms with Gasteiger partial charge in [0.15, 0.2) is 5.60 Å². The Bertz CT molecular complexity index is 1320. The summed E-state index contributed by atoms with van der Waals surface area (Å²) in [6.45, 7) is 3.66. The predicted octanol–water partition coefficient (Wildman–Crippen LogP) is 6.38. The zero-order valence-electron chi connectivity index (χ0n) is 22.1. The van der Waals surface area contributed by atoms with Crippen molar-refractivity contribution in [2.24, 2.45) is 5.73 Å². The number of aromatic nitrogens is 1. The molecule has 0 unspecified atom stereocenters.